The second-order valence-corrected chi connectivity index (χ2v) is 13.8. The summed E-state index contributed by atoms with van der Waals surface area (Å²) in [6.07, 6.45) is 4.64. The van der Waals surface area contributed by atoms with Crippen LogP contribution in [0.1, 0.15) is 54.7 Å². The maximum absolute atomic E-state index is 14.2. The lowest BCUT2D eigenvalue weighted by atomic mass is 9.82. The van der Waals surface area contributed by atoms with E-state index in [9.17, 15) is 29.7 Å². The smallest absolute Gasteiger partial charge is 0.274 e. The zero-order valence-electron chi connectivity index (χ0n) is 26.6. The summed E-state index contributed by atoms with van der Waals surface area (Å²) in [4.78, 5) is 53.2. The van der Waals surface area contributed by atoms with Gasteiger partial charge in [-0.1, -0.05) is 11.8 Å². The highest BCUT2D eigenvalue weighted by atomic mass is 32.2. The summed E-state index contributed by atoms with van der Waals surface area (Å²) >= 11 is 1.07. The number of H-pyrrole nitrogens is 3. The molecular weight excluding hydrogens is 650 g/mol. The maximum atomic E-state index is 14.2. The van der Waals surface area contributed by atoms with Crippen molar-refractivity contribution in [3.63, 3.8) is 0 Å². The number of carbonyl (C=O) groups excluding carboxylic acids is 3. The molecule has 5 aromatic rings. The van der Waals surface area contributed by atoms with Crippen molar-refractivity contribution in [2.45, 2.75) is 24.3 Å². The van der Waals surface area contributed by atoms with Gasteiger partial charge in [-0.2, -0.15) is 0 Å². The number of nitrogens with zero attached hydrogens (tertiary/aromatic N) is 2. The van der Waals surface area contributed by atoms with Gasteiger partial charge in [-0.05, 0) is 66.5 Å². The van der Waals surface area contributed by atoms with Gasteiger partial charge in [0.15, 0.2) is 23.0 Å². The zero-order valence-corrected chi connectivity index (χ0v) is 27.4. The molecule has 2 aliphatic carbocycles. The molecule has 250 valence electrons. The lowest BCUT2D eigenvalue weighted by Crippen LogP contribution is -2.43. The summed E-state index contributed by atoms with van der Waals surface area (Å²) in [6, 6.07) is 7.96. The highest BCUT2D eigenvalue weighted by Gasteiger charge is 2.69. The Kier molecular flexibility index (Phi) is 6.05. The molecule has 3 atom stereocenters. The molecule has 9 rings (SSSR count). The number of aliphatic hydroxyl groups is 1. The number of phenolic OH excluding ortho intramolecular Hbond substituents is 2. The van der Waals surface area contributed by atoms with Crippen LogP contribution in [-0.4, -0.2) is 91.7 Å². The molecule has 49 heavy (non-hydrogen) atoms. The molecule has 14 heteroatoms. The van der Waals surface area contributed by atoms with Gasteiger partial charge in [0.05, 0.1) is 42.9 Å². The number of phenols is 2. The third-order valence-corrected chi connectivity index (χ3v) is 11.4. The van der Waals surface area contributed by atoms with Gasteiger partial charge in [-0.15, -0.1) is 0 Å². The van der Waals surface area contributed by atoms with E-state index in [-0.39, 0.29) is 51.5 Å². The Morgan fingerprint density at radius 1 is 0.959 bits per heavy atom. The molecule has 0 unspecified atom stereocenters. The molecule has 5 heterocycles. The Morgan fingerprint density at radius 2 is 1.76 bits per heavy atom. The van der Waals surface area contributed by atoms with Crippen LogP contribution >= 0.6 is 11.8 Å². The Bertz CT molecular complexity index is 2350. The van der Waals surface area contributed by atoms with Gasteiger partial charge in [0.1, 0.15) is 17.1 Å². The summed E-state index contributed by atoms with van der Waals surface area (Å²) in [6.45, 7) is 0.769. The fraction of sp³-hybridized carbons (Fsp3) is 0.286. The summed E-state index contributed by atoms with van der Waals surface area (Å²) in [7, 11) is 2.88. The van der Waals surface area contributed by atoms with Gasteiger partial charge in [-0.3, -0.25) is 14.4 Å². The summed E-state index contributed by atoms with van der Waals surface area (Å²) in [5.74, 6) is -0.322. The molecule has 4 aliphatic rings. The monoisotopic (exact) mass is 681 g/mol. The number of aromatic hydroxyl groups is 2. The molecule has 1 saturated heterocycles. The first-order valence-electron chi connectivity index (χ1n) is 15.8. The van der Waals surface area contributed by atoms with E-state index in [1.54, 1.807) is 47.6 Å². The van der Waals surface area contributed by atoms with Crippen LogP contribution in [0, 0.1) is 5.92 Å². The number of likely N-dealkylation sites (tertiary alicyclic amines) is 1. The fourth-order valence-electron chi connectivity index (χ4n) is 8.47. The number of fused-ring (bicyclic) bond motifs is 5. The van der Waals surface area contributed by atoms with E-state index in [1.807, 2.05) is 0 Å². The molecule has 2 fully saturated rings. The number of nitrogens with one attached hydrogen (secondary N) is 3. The molecule has 2 amide bonds. The predicted octanol–water partition coefficient (Wildman–Crippen LogP) is 4.81. The predicted molar refractivity (Wildman–Crippen MR) is 182 cm³/mol. The number of rotatable bonds is 5. The second kappa shape index (κ2) is 10.0. The number of amides is 2. The average molecular weight is 682 g/mol. The van der Waals surface area contributed by atoms with E-state index >= 15 is 0 Å². The number of anilines is 1. The summed E-state index contributed by atoms with van der Waals surface area (Å²) < 4.78 is 10.8. The van der Waals surface area contributed by atoms with Crippen LogP contribution < -0.4 is 14.4 Å². The van der Waals surface area contributed by atoms with Crippen LogP contribution in [-0.2, 0) is 11.8 Å². The van der Waals surface area contributed by atoms with Crippen LogP contribution in [0.4, 0.5) is 5.69 Å². The highest BCUT2D eigenvalue weighted by molar-refractivity contribution is 8.13. The van der Waals surface area contributed by atoms with Gasteiger partial charge in [0, 0.05) is 40.9 Å². The molecule has 1 spiro atoms. The topological polar surface area (TPSA) is 184 Å². The van der Waals surface area contributed by atoms with E-state index in [2.05, 4.69) is 15.0 Å². The third kappa shape index (κ3) is 3.85. The number of aromatic nitrogens is 3. The van der Waals surface area contributed by atoms with Crippen LogP contribution in [0.2, 0.25) is 0 Å². The van der Waals surface area contributed by atoms with Crippen molar-refractivity contribution in [1.29, 1.82) is 0 Å². The molecular formula is C35H31N5O8S. The molecule has 1 saturated carbocycles. The minimum Gasteiger partial charge on any atom is -0.506 e. The number of hydrogen-bond donors (Lipinski definition) is 6. The van der Waals surface area contributed by atoms with Crippen LogP contribution in [0.3, 0.4) is 0 Å². The number of thioether (sulfide) groups is 1. The van der Waals surface area contributed by atoms with Crippen LogP contribution in [0.25, 0.3) is 27.6 Å². The van der Waals surface area contributed by atoms with Crippen LogP contribution in [0.5, 0.6) is 23.0 Å². The number of aliphatic hydroxyl groups excluding tert-OH is 1. The Balaban J connectivity index is 1.05. The highest BCUT2D eigenvalue weighted by Crippen LogP contribution is 2.66. The first kappa shape index (κ1) is 29.6. The van der Waals surface area contributed by atoms with E-state index < -0.39 is 11.5 Å². The van der Waals surface area contributed by atoms with E-state index in [1.165, 1.54) is 19.1 Å². The standard InChI is InChI=1S/C35H31N5O8S/c1-47-25-10-19-14(7-23(25)41)6-20(36-19)33(45)40-13-15-12-35(15)18-9-21(37-28(18)24(42)11-26(35)40)32(44)39-5-4-16-17-8-22(34(46)49-3)38-27(17)31(48-2)30(43)29(16)39/h6-11,15,26,36-38,41-43H,4-5,12-13H2,1-3H3/t15-,26+,35-/m1/s1. The molecule has 0 bridgehead atoms. The van der Waals surface area contributed by atoms with Crippen molar-refractivity contribution in [1.82, 2.24) is 19.9 Å². The molecule has 3 aromatic heterocycles. The first-order valence-corrected chi connectivity index (χ1v) is 17.0. The fourth-order valence-corrected chi connectivity index (χ4v) is 8.80. The Morgan fingerprint density at radius 3 is 2.51 bits per heavy atom. The Labute approximate surface area is 282 Å². The van der Waals surface area contributed by atoms with Crippen molar-refractivity contribution in [3.8, 4) is 23.0 Å². The molecule has 2 aromatic carbocycles. The SMILES string of the molecule is COc1cc2[nH]c(C(=O)N3C[C@H]4C[C@]45c4cc(C(=O)N6CCc7c6c(O)c(OC)c6[nH]c(C(=O)SC)cc76)[nH]c4C(O)=C[C@H]35)cc2cc1O. The van der Waals surface area contributed by atoms with Gasteiger partial charge in [0.25, 0.3) is 11.8 Å². The molecule has 13 nitrogen and oxygen atoms in total. The number of benzene rings is 2. The van der Waals surface area contributed by atoms with E-state index in [0.717, 1.165) is 29.3 Å². The van der Waals surface area contributed by atoms with Gasteiger partial charge >= 0.3 is 0 Å². The molecule has 6 N–H and O–H groups in total. The minimum atomic E-state index is -0.453. The minimum absolute atomic E-state index is 0.0267. The number of hydrogen-bond acceptors (Lipinski definition) is 9. The number of ether oxygens (including phenoxy) is 2. The summed E-state index contributed by atoms with van der Waals surface area (Å²) in [5.41, 5.74) is 3.96. The second-order valence-electron chi connectivity index (χ2n) is 13.0. The van der Waals surface area contributed by atoms with E-state index in [0.29, 0.717) is 69.8 Å². The first-order chi connectivity index (χ1) is 23.6. The van der Waals surface area contributed by atoms with Gasteiger partial charge < -0.3 is 49.5 Å². The summed E-state index contributed by atoms with van der Waals surface area (Å²) in [5, 5.41) is 34.1. The van der Waals surface area contributed by atoms with Crippen molar-refractivity contribution in [2.24, 2.45) is 5.92 Å². The van der Waals surface area contributed by atoms with Crippen molar-refractivity contribution in [2.75, 3.05) is 38.5 Å². The quantitative estimate of drug-likeness (QED) is 0.152. The lowest BCUT2D eigenvalue weighted by Gasteiger charge is -2.33. The normalized spacial score (nSPS) is 21.7. The van der Waals surface area contributed by atoms with Gasteiger partial charge in [0.2, 0.25) is 5.12 Å². The third-order valence-electron chi connectivity index (χ3n) is 10.8. The number of carbonyl (C=O) groups is 3. The number of methoxy groups -OCH3 is 2. The van der Waals surface area contributed by atoms with Crippen molar-refractivity contribution >= 4 is 61.9 Å². The largest absolute Gasteiger partial charge is 0.506 e. The average Bonchev–Trinajstić information content (AvgIpc) is 3.73. The zero-order chi connectivity index (χ0) is 34.1. The van der Waals surface area contributed by atoms with Crippen molar-refractivity contribution in [3.05, 3.63) is 70.3 Å². The number of aromatic amines is 3. The van der Waals surface area contributed by atoms with Crippen LogP contribution in [0.15, 0.2) is 36.4 Å². The Hall–Kier alpha value is -5.50. The van der Waals surface area contributed by atoms with Gasteiger partial charge in [-0.25, -0.2) is 0 Å². The number of piperidine rings is 1. The maximum Gasteiger partial charge on any atom is 0.274 e. The molecule has 0 radical (unpaired) electrons. The lowest BCUT2D eigenvalue weighted by molar-refractivity contribution is 0.0724. The molecule has 2 aliphatic heterocycles. The van der Waals surface area contributed by atoms with E-state index in [4.69, 9.17) is 9.47 Å². The van der Waals surface area contributed by atoms with Crippen molar-refractivity contribution < 1.29 is 39.2 Å².